The van der Waals surface area contributed by atoms with Crippen LogP contribution in [0.5, 0.6) is 5.75 Å². The van der Waals surface area contributed by atoms with Crippen LogP contribution in [0.3, 0.4) is 0 Å². The van der Waals surface area contributed by atoms with Crippen LogP contribution in [0.25, 0.3) is 0 Å². The fourth-order valence-corrected chi connectivity index (χ4v) is 4.80. The zero-order valence-electron chi connectivity index (χ0n) is 15.6. The van der Waals surface area contributed by atoms with Crippen molar-refractivity contribution in [3.05, 3.63) is 76.8 Å². The summed E-state index contributed by atoms with van der Waals surface area (Å²) >= 11 is 6.19. The second-order valence-corrected chi connectivity index (χ2v) is 8.06. The highest BCUT2D eigenvalue weighted by Gasteiger charge is 2.59. The van der Waals surface area contributed by atoms with Crippen molar-refractivity contribution in [1.29, 1.82) is 0 Å². The summed E-state index contributed by atoms with van der Waals surface area (Å²) in [7, 11) is 0. The molecule has 2 bridgehead atoms. The van der Waals surface area contributed by atoms with E-state index in [-0.39, 0.29) is 35.5 Å². The first kappa shape index (κ1) is 18.1. The summed E-state index contributed by atoms with van der Waals surface area (Å²) in [5.41, 5.74) is 1.57. The third kappa shape index (κ3) is 3.06. The first-order chi connectivity index (χ1) is 14.1. The molecule has 0 aromatic heterocycles. The molecule has 1 saturated heterocycles. The number of benzene rings is 2. The van der Waals surface area contributed by atoms with Crippen LogP contribution in [0.4, 0.5) is 0 Å². The molecule has 1 heterocycles. The summed E-state index contributed by atoms with van der Waals surface area (Å²) in [5.74, 6) is 0.0749. The minimum atomic E-state index is -0.249. The number of imide groups is 1. The van der Waals surface area contributed by atoms with Crippen LogP contribution in [-0.2, 0) is 16.2 Å². The molecule has 3 aliphatic rings. The summed E-state index contributed by atoms with van der Waals surface area (Å²) in [6, 6.07) is 14.9. The van der Waals surface area contributed by atoms with E-state index in [4.69, 9.17) is 16.3 Å². The Kier molecular flexibility index (Phi) is 4.47. The largest absolute Gasteiger partial charge is 0.488 e. The molecule has 2 aromatic carbocycles. The Labute approximate surface area is 173 Å². The number of hydrogen-bond acceptors (Lipinski definition) is 4. The van der Waals surface area contributed by atoms with E-state index >= 15 is 0 Å². The van der Waals surface area contributed by atoms with Crippen molar-refractivity contribution in [2.24, 2.45) is 28.8 Å². The Balaban J connectivity index is 1.34. The number of carbonyl (C=O) groups is 2. The van der Waals surface area contributed by atoms with Crippen LogP contribution in [0, 0.1) is 23.7 Å². The van der Waals surface area contributed by atoms with Crippen molar-refractivity contribution in [2.45, 2.75) is 13.0 Å². The van der Waals surface area contributed by atoms with Crippen LogP contribution in [0.15, 0.2) is 65.8 Å². The molecule has 0 unspecified atom stereocenters. The van der Waals surface area contributed by atoms with E-state index in [9.17, 15) is 9.59 Å². The van der Waals surface area contributed by atoms with Crippen LogP contribution in [0.1, 0.15) is 17.5 Å². The summed E-state index contributed by atoms with van der Waals surface area (Å²) in [5, 5.41) is 5.93. The maximum Gasteiger partial charge on any atom is 0.254 e. The van der Waals surface area contributed by atoms with Gasteiger partial charge in [-0.2, -0.15) is 10.1 Å². The average Bonchev–Trinajstić information content (AvgIpc) is 3.41. The SMILES string of the molecule is O=C1[C@@H]2[C@H](C(=O)N1/N=C\c1ccccc1OCc1ccccc1Cl)[C@H]1C=C[C@@H]2C1. The van der Waals surface area contributed by atoms with Crippen LogP contribution >= 0.6 is 11.6 Å². The molecule has 2 fully saturated rings. The van der Waals surface area contributed by atoms with Crippen molar-refractivity contribution in [3.63, 3.8) is 0 Å². The zero-order valence-corrected chi connectivity index (χ0v) is 16.3. The van der Waals surface area contributed by atoms with E-state index in [1.54, 1.807) is 0 Å². The molecule has 29 heavy (non-hydrogen) atoms. The Morgan fingerprint density at radius 2 is 1.66 bits per heavy atom. The normalized spacial score (nSPS) is 27.3. The van der Waals surface area contributed by atoms with Crippen molar-refractivity contribution in [3.8, 4) is 5.75 Å². The number of amides is 2. The smallest absolute Gasteiger partial charge is 0.254 e. The van der Waals surface area contributed by atoms with E-state index < -0.39 is 0 Å². The van der Waals surface area contributed by atoms with Crippen LogP contribution in [-0.4, -0.2) is 23.0 Å². The van der Waals surface area contributed by atoms with Gasteiger partial charge in [0.15, 0.2) is 0 Å². The number of hydrazone groups is 1. The lowest BCUT2D eigenvalue weighted by atomic mass is 9.85. The van der Waals surface area contributed by atoms with Gasteiger partial charge in [-0.25, -0.2) is 0 Å². The van der Waals surface area contributed by atoms with Crippen molar-refractivity contribution < 1.29 is 14.3 Å². The molecule has 146 valence electrons. The average molecular weight is 407 g/mol. The van der Waals surface area contributed by atoms with Gasteiger partial charge in [-0.15, -0.1) is 0 Å². The third-order valence-corrected chi connectivity index (χ3v) is 6.39. The highest BCUT2D eigenvalue weighted by molar-refractivity contribution is 6.31. The number of ether oxygens (including phenoxy) is 1. The maximum absolute atomic E-state index is 12.8. The molecule has 2 aromatic rings. The quantitative estimate of drug-likeness (QED) is 0.427. The first-order valence-electron chi connectivity index (χ1n) is 9.69. The number of rotatable bonds is 5. The Morgan fingerprint density at radius 1 is 1.00 bits per heavy atom. The van der Waals surface area contributed by atoms with Gasteiger partial charge in [0.05, 0.1) is 18.1 Å². The van der Waals surface area contributed by atoms with Gasteiger partial charge < -0.3 is 4.74 Å². The van der Waals surface area contributed by atoms with Gasteiger partial charge >= 0.3 is 0 Å². The van der Waals surface area contributed by atoms with Crippen molar-refractivity contribution in [1.82, 2.24) is 5.01 Å². The number of fused-ring (bicyclic) bond motifs is 5. The predicted octanol–water partition coefficient (Wildman–Crippen LogP) is 4.06. The van der Waals surface area contributed by atoms with Gasteiger partial charge in [-0.05, 0) is 36.5 Å². The minimum Gasteiger partial charge on any atom is -0.488 e. The number of nitrogens with zero attached hydrogens (tertiary/aromatic N) is 2. The molecule has 5 nitrogen and oxygen atoms in total. The van der Waals surface area contributed by atoms with E-state index in [2.05, 4.69) is 17.3 Å². The molecule has 2 amide bonds. The highest BCUT2D eigenvalue weighted by Crippen LogP contribution is 2.52. The number of halogens is 1. The monoisotopic (exact) mass is 406 g/mol. The molecule has 2 aliphatic carbocycles. The van der Waals surface area contributed by atoms with Gasteiger partial charge in [0.25, 0.3) is 11.8 Å². The van der Waals surface area contributed by atoms with Gasteiger partial charge in [0.1, 0.15) is 12.4 Å². The predicted molar refractivity (Wildman–Crippen MR) is 109 cm³/mol. The molecular weight excluding hydrogens is 388 g/mol. The lowest BCUT2D eigenvalue weighted by Gasteiger charge is -2.13. The molecule has 6 heteroatoms. The van der Waals surface area contributed by atoms with Crippen LogP contribution < -0.4 is 4.74 Å². The first-order valence-corrected chi connectivity index (χ1v) is 10.1. The van der Waals surface area contributed by atoms with Crippen molar-refractivity contribution >= 4 is 29.6 Å². The molecule has 1 aliphatic heterocycles. The van der Waals surface area contributed by atoms with Gasteiger partial charge in [0.2, 0.25) is 0 Å². The van der Waals surface area contributed by atoms with Gasteiger partial charge in [0, 0.05) is 16.1 Å². The standard InChI is InChI=1S/C23H19ClN2O3/c24-18-7-3-1-6-17(18)13-29-19-8-4-2-5-16(19)12-25-26-22(27)20-14-9-10-15(11-14)21(20)23(26)28/h1-10,12,14-15,20-21H,11,13H2/b25-12-/t14-,15+,20+,21-. The third-order valence-electron chi connectivity index (χ3n) is 6.02. The van der Waals surface area contributed by atoms with E-state index in [0.717, 1.165) is 17.0 Å². The Hall–Kier alpha value is -2.92. The molecule has 5 rings (SSSR count). The summed E-state index contributed by atoms with van der Waals surface area (Å²) in [4.78, 5) is 25.5. The second-order valence-electron chi connectivity index (χ2n) is 7.65. The number of allylic oxidation sites excluding steroid dienone is 2. The Bertz CT molecular complexity index is 1020. The maximum atomic E-state index is 12.8. The second kappa shape index (κ2) is 7.16. The fourth-order valence-electron chi connectivity index (χ4n) is 4.61. The number of hydrogen-bond donors (Lipinski definition) is 0. The summed E-state index contributed by atoms with van der Waals surface area (Å²) in [6.45, 7) is 0.311. The fraction of sp³-hybridized carbons (Fsp3) is 0.261. The Morgan fingerprint density at radius 3 is 2.38 bits per heavy atom. The molecule has 0 radical (unpaired) electrons. The number of carbonyl (C=O) groups excluding carboxylic acids is 2. The lowest BCUT2D eigenvalue weighted by Crippen LogP contribution is -2.28. The summed E-state index contributed by atoms with van der Waals surface area (Å²) < 4.78 is 5.92. The molecule has 0 spiro atoms. The minimum absolute atomic E-state index is 0.174. The highest BCUT2D eigenvalue weighted by atomic mass is 35.5. The van der Waals surface area contributed by atoms with E-state index in [1.807, 2.05) is 48.5 Å². The molecule has 4 atom stereocenters. The lowest BCUT2D eigenvalue weighted by molar-refractivity contribution is -0.140. The summed E-state index contributed by atoms with van der Waals surface area (Å²) in [6.07, 6.45) is 6.57. The zero-order chi connectivity index (χ0) is 20.0. The van der Waals surface area contributed by atoms with Gasteiger partial charge in [-0.3, -0.25) is 9.59 Å². The van der Waals surface area contributed by atoms with Gasteiger partial charge in [-0.1, -0.05) is 54.1 Å². The molecular formula is C23H19ClN2O3. The molecule has 0 N–H and O–H groups in total. The van der Waals surface area contributed by atoms with Crippen molar-refractivity contribution in [2.75, 3.05) is 0 Å². The topological polar surface area (TPSA) is 59.0 Å². The molecule has 1 saturated carbocycles. The van der Waals surface area contributed by atoms with E-state index in [1.165, 1.54) is 6.21 Å². The van der Waals surface area contributed by atoms with E-state index in [0.29, 0.717) is 22.9 Å². The van der Waals surface area contributed by atoms with Crippen LogP contribution in [0.2, 0.25) is 5.02 Å². The number of para-hydroxylation sites is 1.